The highest BCUT2D eigenvalue weighted by Crippen LogP contribution is 2.40. The number of aromatic hydroxyl groups is 1. The van der Waals surface area contributed by atoms with Crippen molar-refractivity contribution in [1.29, 1.82) is 0 Å². The van der Waals surface area contributed by atoms with Gasteiger partial charge >= 0.3 is 6.18 Å². The summed E-state index contributed by atoms with van der Waals surface area (Å²) in [5.41, 5.74) is -0.0252. The second-order valence-electron chi connectivity index (χ2n) is 10.4. The van der Waals surface area contributed by atoms with Gasteiger partial charge in [0.15, 0.2) is 5.78 Å². The number of ether oxygens (including phenoxy) is 1. The van der Waals surface area contributed by atoms with Gasteiger partial charge in [0.1, 0.15) is 17.1 Å². The number of nitrogens with zero attached hydrogens (tertiary/aromatic N) is 3. The van der Waals surface area contributed by atoms with Crippen LogP contribution in [0.2, 0.25) is 5.02 Å². The minimum absolute atomic E-state index is 0.00466. The number of carbonyl (C=O) groups excluding carboxylic acids is 2. The summed E-state index contributed by atoms with van der Waals surface area (Å²) in [7, 11) is 0. The molecule has 1 aliphatic carbocycles. The van der Waals surface area contributed by atoms with Crippen molar-refractivity contribution in [3.05, 3.63) is 75.5 Å². The number of halogens is 4. The summed E-state index contributed by atoms with van der Waals surface area (Å²) in [5.74, 6) is -2.46. The van der Waals surface area contributed by atoms with E-state index in [0.29, 0.717) is 23.8 Å². The molecule has 2 aliphatic rings. The molecule has 9 nitrogen and oxygen atoms in total. The van der Waals surface area contributed by atoms with Crippen molar-refractivity contribution in [2.24, 2.45) is 0 Å². The van der Waals surface area contributed by atoms with Gasteiger partial charge in [-0.2, -0.15) is 18.2 Å². The number of amides is 1. The first kappa shape index (κ1) is 30.3. The summed E-state index contributed by atoms with van der Waals surface area (Å²) in [6.07, 6.45) is -0.583. The number of phenols is 1. The number of nitrogens with one attached hydrogen (secondary N) is 2. The van der Waals surface area contributed by atoms with E-state index < -0.39 is 29.3 Å². The Hall–Kier alpha value is -4.16. The minimum atomic E-state index is -4.86. The zero-order chi connectivity index (χ0) is 30.9. The van der Waals surface area contributed by atoms with Gasteiger partial charge in [-0.1, -0.05) is 36.7 Å². The van der Waals surface area contributed by atoms with Crippen LogP contribution in [0, 0.1) is 0 Å². The molecule has 5 rings (SSSR count). The Labute approximate surface area is 250 Å². The average Bonchev–Trinajstić information content (AvgIpc) is 2.96. The quantitative estimate of drug-likeness (QED) is 0.266. The first-order valence-corrected chi connectivity index (χ1v) is 14.1. The molecule has 3 aromatic rings. The maximum Gasteiger partial charge on any atom is 0.423 e. The summed E-state index contributed by atoms with van der Waals surface area (Å²) < 4.78 is 47.2. The molecule has 13 heteroatoms. The van der Waals surface area contributed by atoms with Crippen LogP contribution in [0.5, 0.6) is 17.4 Å². The van der Waals surface area contributed by atoms with Crippen molar-refractivity contribution >= 4 is 34.9 Å². The van der Waals surface area contributed by atoms with E-state index in [0.717, 1.165) is 32.5 Å². The molecule has 1 aliphatic heterocycles. The lowest BCUT2D eigenvalue weighted by Crippen LogP contribution is -2.44. The van der Waals surface area contributed by atoms with Crippen LogP contribution in [0.4, 0.5) is 24.8 Å². The first-order chi connectivity index (χ1) is 20.4. The molecule has 1 saturated heterocycles. The number of fused-ring (bicyclic) bond motifs is 1. The molecular weight excluding hydrogens is 587 g/mol. The topological polar surface area (TPSA) is 117 Å². The van der Waals surface area contributed by atoms with Crippen LogP contribution in [-0.4, -0.2) is 57.3 Å². The van der Waals surface area contributed by atoms with E-state index in [1.165, 1.54) is 18.2 Å². The Bertz CT molecular complexity index is 1600. The fourth-order valence-electron chi connectivity index (χ4n) is 5.06. The standard InChI is InChI=1S/C30H29ClF3N5O4/c1-3-39-11-9-18(10-12-39)36-27(42)19-13-23(40)22(14-21(19)31)37-29-35-15-20(30(32,33)34)28(38-29)43-24-6-4-5-17-8-7-16(2)26(41)25(17)24/h4-7,13-15,18,40H,3,8-12H2,1-2H3,(H,36,42)(H,35,37,38). The summed E-state index contributed by atoms with van der Waals surface area (Å²) in [6, 6.07) is 7.07. The van der Waals surface area contributed by atoms with Crippen LogP contribution in [0.25, 0.3) is 0 Å². The number of piperidine rings is 1. The number of carbonyl (C=O) groups is 2. The Kier molecular flexibility index (Phi) is 8.61. The van der Waals surface area contributed by atoms with Crippen molar-refractivity contribution in [1.82, 2.24) is 20.2 Å². The van der Waals surface area contributed by atoms with E-state index in [9.17, 15) is 27.9 Å². The maximum absolute atomic E-state index is 13.9. The largest absolute Gasteiger partial charge is 0.506 e. The number of phenolic OH excluding ortho intramolecular Hbond substituents is 1. The Morgan fingerprint density at radius 3 is 2.67 bits per heavy atom. The van der Waals surface area contributed by atoms with Gasteiger partial charge in [-0.25, -0.2) is 4.98 Å². The van der Waals surface area contributed by atoms with Crippen molar-refractivity contribution in [2.45, 2.75) is 45.3 Å². The van der Waals surface area contributed by atoms with Crippen LogP contribution in [0.3, 0.4) is 0 Å². The predicted octanol–water partition coefficient (Wildman–Crippen LogP) is 6.29. The molecule has 3 N–H and O–H groups in total. The third-order valence-corrected chi connectivity index (χ3v) is 7.85. The lowest BCUT2D eigenvalue weighted by molar-refractivity contribution is -0.139. The maximum atomic E-state index is 13.9. The molecule has 0 bridgehead atoms. The molecular formula is C30H29ClF3N5O4. The summed E-state index contributed by atoms with van der Waals surface area (Å²) in [4.78, 5) is 35.6. The van der Waals surface area contributed by atoms with Gasteiger partial charge in [-0.15, -0.1) is 0 Å². The van der Waals surface area contributed by atoms with Gasteiger partial charge in [-0.3, -0.25) is 9.59 Å². The molecule has 226 valence electrons. The predicted molar refractivity (Wildman–Crippen MR) is 154 cm³/mol. The second-order valence-corrected chi connectivity index (χ2v) is 10.8. The second kappa shape index (κ2) is 12.2. The normalized spacial score (nSPS) is 16.0. The molecule has 0 unspecified atom stereocenters. The van der Waals surface area contributed by atoms with E-state index in [4.69, 9.17) is 16.3 Å². The van der Waals surface area contributed by atoms with Crippen LogP contribution >= 0.6 is 11.6 Å². The fourth-order valence-corrected chi connectivity index (χ4v) is 5.31. The van der Waals surface area contributed by atoms with Gasteiger partial charge in [0, 0.05) is 25.3 Å². The number of anilines is 2. The van der Waals surface area contributed by atoms with E-state index in [1.54, 1.807) is 25.1 Å². The molecule has 2 aromatic carbocycles. The number of allylic oxidation sites excluding steroid dienone is 2. The number of hydrogen-bond donors (Lipinski definition) is 3. The number of ketones is 1. The molecule has 0 spiro atoms. The number of likely N-dealkylation sites (tertiary alicyclic amines) is 1. The average molecular weight is 616 g/mol. The van der Waals surface area contributed by atoms with E-state index in [2.05, 4.69) is 32.4 Å². The third-order valence-electron chi connectivity index (χ3n) is 7.54. The van der Waals surface area contributed by atoms with E-state index in [-0.39, 0.29) is 45.4 Å². The first-order valence-electron chi connectivity index (χ1n) is 13.7. The highest BCUT2D eigenvalue weighted by Gasteiger charge is 2.37. The molecule has 0 radical (unpaired) electrons. The molecule has 1 amide bonds. The lowest BCUT2D eigenvalue weighted by Gasteiger charge is -2.31. The van der Waals surface area contributed by atoms with Crippen molar-refractivity contribution in [3.8, 4) is 17.4 Å². The Balaban J connectivity index is 1.39. The number of Topliss-reactive ketones (excluding diaryl/α,β-unsaturated/α-hetero) is 1. The Morgan fingerprint density at radius 1 is 1.23 bits per heavy atom. The van der Waals surface area contributed by atoms with Gasteiger partial charge in [0.05, 0.1) is 21.8 Å². The smallest absolute Gasteiger partial charge is 0.423 e. The Morgan fingerprint density at radius 2 is 1.98 bits per heavy atom. The molecule has 1 aromatic heterocycles. The van der Waals surface area contributed by atoms with Gasteiger partial charge in [0.25, 0.3) is 5.91 Å². The summed E-state index contributed by atoms with van der Waals surface area (Å²) in [5, 5.41) is 16.2. The zero-order valence-corrected chi connectivity index (χ0v) is 24.1. The van der Waals surface area contributed by atoms with Crippen LogP contribution in [-0.2, 0) is 12.6 Å². The SMILES string of the molecule is CCN1CCC(NC(=O)c2cc(O)c(Nc3ncc(C(F)(F)F)c(Oc4cccc5c4C(=O)C(C)=CC5)n3)cc2Cl)CC1. The molecule has 0 saturated carbocycles. The molecule has 1 fully saturated rings. The number of aromatic nitrogens is 2. The van der Waals surface area contributed by atoms with Crippen LogP contribution in [0.15, 0.2) is 48.2 Å². The van der Waals surface area contributed by atoms with Gasteiger partial charge < -0.3 is 25.4 Å². The van der Waals surface area contributed by atoms with Crippen molar-refractivity contribution < 1.29 is 32.6 Å². The number of alkyl halides is 3. The van der Waals surface area contributed by atoms with Crippen molar-refractivity contribution in [3.63, 3.8) is 0 Å². The zero-order valence-electron chi connectivity index (χ0n) is 23.4. The highest BCUT2D eigenvalue weighted by atomic mass is 35.5. The van der Waals surface area contributed by atoms with Gasteiger partial charge in [0.2, 0.25) is 11.8 Å². The monoisotopic (exact) mass is 615 g/mol. The summed E-state index contributed by atoms with van der Waals surface area (Å²) in [6.45, 7) is 6.37. The van der Waals surface area contributed by atoms with E-state index in [1.807, 2.05) is 0 Å². The molecule has 43 heavy (non-hydrogen) atoms. The van der Waals surface area contributed by atoms with Crippen LogP contribution < -0.4 is 15.4 Å². The van der Waals surface area contributed by atoms with Crippen molar-refractivity contribution in [2.75, 3.05) is 25.0 Å². The number of hydrogen-bond acceptors (Lipinski definition) is 8. The summed E-state index contributed by atoms with van der Waals surface area (Å²) >= 11 is 6.37. The fraction of sp³-hybridized carbons (Fsp3) is 0.333. The molecule has 2 heterocycles. The van der Waals surface area contributed by atoms with E-state index >= 15 is 0 Å². The number of benzene rings is 2. The van der Waals surface area contributed by atoms with Crippen LogP contribution in [0.1, 0.15) is 58.5 Å². The third kappa shape index (κ3) is 6.60. The van der Waals surface area contributed by atoms with Gasteiger partial charge in [-0.05, 0) is 62.1 Å². The highest BCUT2D eigenvalue weighted by molar-refractivity contribution is 6.34. The number of rotatable bonds is 7. The lowest BCUT2D eigenvalue weighted by atomic mass is 9.90. The minimum Gasteiger partial charge on any atom is -0.506 e. The molecule has 0 atom stereocenters.